The molecule has 2 fully saturated rings. The third-order valence-electron chi connectivity index (χ3n) is 6.92. The zero-order valence-corrected chi connectivity index (χ0v) is 20.9. The average molecular weight is 503 g/mol. The highest BCUT2D eigenvalue weighted by atomic mass is 16.7. The SMILES string of the molecule is O=C(NCc1ccc([C@H]2O[C@@H](CN3CCOCC3)C[C@@H](c3ccc(CO)cc3)O2)cc1)c1ccccc1. The van der Waals surface area contributed by atoms with Crippen molar-refractivity contribution in [2.45, 2.75) is 38.1 Å². The smallest absolute Gasteiger partial charge is 0.251 e. The molecule has 0 bridgehead atoms. The minimum absolute atomic E-state index is 0.0178. The maximum absolute atomic E-state index is 12.4. The van der Waals surface area contributed by atoms with Crippen molar-refractivity contribution in [2.75, 3.05) is 32.8 Å². The number of benzene rings is 3. The lowest BCUT2D eigenvalue weighted by molar-refractivity contribution is -0.253. The van der Waals surface area contributed by atoms with E-state index in [4.69, 9.17) is 14.2 Å². The summed E-state index contributed by atoms with van der Waals surface area (Å²) in [5.41, 5.74) is 4.56. The monoisotopic (exact) mass is 502 g/mol. The number of aliphatic hydroxyl groups excluding tert-OH is 1. The molecule has 2 saturated heterocycles. The number of aliphatic hydroxyl groups is 1. The summed E-state index contributed by atoms with van der Waals surface area (Å²) in [5, 5.41) is 12.4. The first-order chi connectivity index (χ1) is 18.2. The Labute approximate surface area is 218 Å². The summed E-state index contributed by atoms with van der Waals surface area (Å²) in [7, 11) is 0. The van der Waals surface area contributed by atoms with Crippen LogP contribution >= 0.6 is 0 Å². The summed E-state index contributed by atoms with van der Waals surface area (Å²) < 4.78 is 18.4. The van der Waals surface area contributed by atoms with Gasteiger partial charge in [-0.1, -0.05) is 66.7 Å². The molecule has 0 aromatic heterocycles. The molecule has 0 spiro atoms. The van der Waals surface area contributed by atoms with E-state index >= 15 is 0 Å². The van der Waals surface area contributed by atoms with E-state index in [0.29, 0.717) is 12.1 Å². The average Bonchev–Trinajstić information content (AvgIpc) is 2.97. The highest BCUT2D eigenvalue weighted by Crippen LogP contribution is 2.38. The quantitative estimate of drug-likeness (QED) is 0.485. The van der Waals surface area contributed by atoms with E-state index < -0.39 is 6.29 Å². The zero-order chi connectivity index (χ0) is 25.5. The lowest BCUT2D eigenvalue weighted by Crippen LogP contribution is -2.44. The second kappa shape index (κ2) is 12.4. The molecule has 0 saturated carbocycles. The summed E-state index contributed by atoms with van der Waals surface area (Å²) >= 11 is 0. The number of hydrogen-bond donors (Lipinski definition) is 2. The first-order valence-electron chi connectivity index (χ1n) is 12.9. The number of rotatable bonds is 8. The summed E-state index contributed by atoms with van der Waals surface area (Å²) in [6, 6.07) is 25.2. The standard InChI is InChI=1S/C30H34N2O5/c33-21-23-8-10-24(11-9-23)28-18-27(20-32-14-16-35-17-15-32)36-30(37-28)26-12-6-22(7-13-26)19-31-29(34)25-4-2-1-3-5-25/h1-13,27-28,30,33H,14-21H2,(H,31,34)/t27-,28+,30+/m1/s1. The van der Waals surface area contributed by atoms with Crippen LogP contribution in [0.25, 0.3) is 0 Å². The molecular weight excluding hydrogens is 468 g/mol. The molecule has 3 aromatic rings. The fourth-order valence-electron chi connectivity index (χ4n) is 4.77. The number of carbonyl (C=O) groups excluding carboxylic acids is 1. The van der Waals surface area contributed by atoms with Crippen LogP contribution in [0, 0.1) is 0 Å². The van der Waals surface area contributed by atoms with Crippen LogP contribution in [0.4, 0.5) is 0 Å². The van der Waals surface area contributed by atoms with Crippen LogP contribution in [0.5, 0.6) is 0 Å². The van der Waals surface area contributed by atoms with E-state index in [2.05, 4.69) is 10.2 Å². The van der Waals surface area contributed by atoms with E-state index in [1.165, 1.54) is 0 Å². The second-order valence-corrected chi connectivity index (χ2v) is 9.55. The number of hydrogen-bond acceptors (Lipinski definition) is 6. The molecule has 0 unspecified atom stereocenters. The fourth-order valence-corrected chi connectivity index (χ4v) is 4.77. The van der Waals surface area contributed by atoms with Gasteiger partial charge in [-0.3, -0.25) is 9.69 Å². The third-order valence-corrected chi connectivity index (χ3v) is 6.92. The summed E-state index contributed by atoms with van der Waals surface area (Å²) in [6.45, 7) is 4.62. The van der Waals surface area contributed by atoms with Gasteiger partial charge in [0.2, 0.25) is 0 Å². The molecule has 1 amide bonds. The van der Waals surface area contributed by atoms with Gasteiger partial charge in [-0.05, 0) is 28.8 Å². The van der Waals surface area contributed by atoms with Crippen molar-refractivity contribution in [1.82, 2.24) is 10.2 Å². The Morgan fingerprint density at radius 3 is 2.24 bits per heavy atom. The number of nitrogens with one attached hydrogen (secondary N) is 1. The topological polar surface area (TPSA) is 80.3 Å². The molecule has 37 heavy (non-hydrogen) atoms. The minimum Gasteiger partial charge on any atom is -0.392 e. The van der Waals surface area contributed by atoms with Gasteiger partial charge < -0.3 is 24.6 Å². The molecule has 5 rings (SSSR count). The predicted octanol–water partition coefficient (Wildman–Crippen LogP) is 3.99. The van der Waals surface area contributed by atoms with Gasteiger partial charge in [-0.2, -0.15) is 0 Å². The number of carbonyl (C=O) groups is 1. The van der Waals surface area contributed by atoms with Crippen molar-refractivity contribution >= 4 is 5.91 Å². The second-order valence-electron chi connectivity index (χ2n) is 9.55. The first kappa shape index (κ1) is 25.6. The predicted molar refractivity (Wildman–Crippen MR) is 140 cm³/mol. The molecule has 0 aliphatic carbocycles. The Bertz CT molecular complexity index is 1130. The fraction of sp³-hybridized carbons (Fsp3) is 0.367. The van der Waals surface area contributed by atoms with Crippen LogP contribution in [0.2, 0.25) is 0 Å². The maximum atomic E-state index is 12.4. The van der Waals surface area contributed by atoms with Crippen molar-refractivity contribution in [3.8, 4) is 0 Å². The number of nitrogens with zero attached hydrogens (tertiary/aromatic N) is 1. The zero-order valence-electron chi connectivity index (χ0n) is 20.9. The normalized spacial score (nSPS) is 22.5. The molecule has 7 nitrogen and oxygen atoms in total. The molecule has 2 aliphatic heterocycles. The largest absolute Gasteiger partial charge is 0.392 e. The van der Waals surface area contributed by atoms with Gasteiger partial charge >= 0.3 is 0 Å². The highest BCUT2D eigenvalue weighted by molar-refractivity contribution is 5.94. The number of ether oxygens (including phenoxy) is 3. The Kier molecular flexibility index (Phi) is 8.61. The van der Waals surface area contributed by atoms with Crippen LogP contribution in [-0.4, -0.2) is 54.9 Å². The minimum atomic E-state index is -0.490. The highest BCUT2D eigenvalue weighted by Gasteiger charge is 2.33. The van der Waals surface area contributed by atoms with Crippen LogP contribution in [-0.2, 0) is 27.4 Å². The van der Waals surface area contributed by atoms with E-state index in [1.807, 2.05) is 66.7 Å². The molecule has 7 heteroatoms. The van der Waals surface area contributed by atoms with Gasteiger partial charge in [0.25, 0.3) is 5.91 Å². The van der Waals surface area contributed by atoms with E-state index in [9.17, 15) is 9.90 Å². The molecule has 3 aromatic carbocycles. The van der Waals surface area contributed by atoms with Gasteiger partial charge in [0.05, 0.1) is 32.0 Å². The molecular formula is C30H34N2O5. The Balaban J connectivity index is 1.26. The molecule has 194 valence electrons. The van der Waals surface area contributed by atoms with Gasteiger partial charge in [-0.15, -0.1) is 0 Å². The van der Waals surface area contributed by atoms with Crippen LogP contribution in [0.15, 0.2) is 78.9 Å². The van der Waals surface area contributed by atoms with Crippen LogP contribution in [0.1, 0.15) is 51.4 Å². The molecule has 2 N–H and O–H groups in total. The van der Waals surface area contributed by atoms with Gasteiger partial charge in [0.15, 0.2) is 6.29 Å². The molecule has 2 aliphatic rings. The Hall–Kier alpha value is -3.07. The molecule has 2 heterocycles. The van der Waals surface area contributed by atoms with Crippen molar-refractivity contribution in [3.63, 3.8) is 0 Å². The van der Waals surface area contributed by atoms with Crippen molar-refractivity contribution in [2.24, 2.45) is 0 Å². The third kappa shape index (κ3) is 6.83. The van der Waals surface area contributed by atoms with Crippen LogP contribution in [0.3, 0.4) is 0 Å². The lowest BCUT2D eigenvalue weighted by atomic mass is 9.99. The van der Waals surface area contributed by atoms with E-state index in [-0.39, 0.29) is 24.7 Å². The van der Waals surface area contributed by atoms with Crippen molar-refractivity contribution < 1.29 is 24.1 Å². The van der Waals surface area contributed by atoms with E-state index in [1.54, 1.807) is 12.1 Å². The molecule has 0 radical (unpaired) electrons. The number of morpholine rings is 1. The lowest BCUT2D eigenvalue weighted by Gasteiger charge is -2.39. The summed E-state index contributed by atoms with van der Waals surface area (Å²) in [4.78, 5) is 14.8. The van der Waals surface area contributed by atoms with Crippen molar-refractivity contribution in [1.29, 1.82) is 0 Å². The van der Waals surface area contributed by atoms with Gasteiger partial charge in [0, 0.05) is 43.7 Å². The Morgan fingerprint density at radius 1 is 0.865 bits per heavy atom. The number of amides is 1. The van der Waals surface area contributed by atoms with Crippen molar-refractivity contribution in [3.05, 3.63) is 107 Å². The summed E-state index contributed by atoms with van der Waals surface area (Å²) in [6.07, 6.45) is 0.178. The van der Waals surface area contributed by atoms with Gasteiger partial charge in [0.1, 0.15) is 0 Å². The molecule has 3 atom stereocenters. The Morgan fingerprint density at radius 2 is 1.54 bits per heavy atom. The van der Waals surface area contributed by atoms with Crippen LogP contribution < -0.4 is 5.32 Å². The van der Waals surface area contributed by atoms with E-state index in [0.717, 1.165) is 61.5 Å². The first-order valence-corrected chi connectivity index (χ1v) is 12.9. The maximum Gasteiger partial charge on any atom is 0.251 e. The van der Waals surface area contributed by atoms with Gasteiger partial charge in [-0.25, -0.2) is 0 Å². The summed E-state index contributed by atoms with van der Waals surface area (Å²) in [5.74, 6) is -0.0929.